The van der Waals surface area contributed by atoms with Crippen molar-refractivity contribution in [3.8, 4) is 17.6 Å². The van der Waals surface area contributed by atoms with Gasteiger partial charge in [0.2, 0.25) is 0 Å². The number of methoxy groups -OCH3 is 2. The zero-order valence-corrected chi connectivity index (χ0v) is 8.20. The molecule has 0 aromatic heterocycles. The Labute approximate surface area is 82.9 Å². The Kier molecular flexibility index (Phi) is 3.19. The minimum atomic E-state index is 0.275. The lowest BCUT2D eigenvalue weighted by Gasteiger charge is -2.10. The molecule has 1 aromatic carbocycles. The molecule has 0 amide bonds. The highest BCUT2D eigenvalue weighted by molar-refractivity contribution is 5.59. The Morgan fingerprint density at radius 1 is 1.29 bits per heavy atom. The SMILES string of the molecule is COc1cc(OC)c(CC#N)cc1N. The third-order valence-electron chi connectivity index (χ3n) is 1.90. The maximum Gasteiger partial charge on any atom is 0.145 e. The van der Waals surface area contributed by atoms with Crippen LogP contribution in [-0.4, -0.2) is 14.2 Å². The molecule has 1 rings (SSSR count). The second-order valence-corrected chi connectivity index (χ2v) is 2.74. The molecule has 4 heteroatoms. The Hall–Kier alpha value is -1.89. The Morgan fingerprint density at radius 3 is 2.43 bits per heavy atom. The van der Waals surface area contributed by atoms with Crippen LogP contribution in [0.4, 0.5) is 5.69 Å². The van der Waals surface area contributed by atoms with Crippen LogP contribution in [0.3, 0.4) is 0 Å². The standard InChI is InChI=1S/C10H12N2O2/c1-13-9-6-10(14-2)8(12)5-7(9)3-4-11/h5-6H,3,12H2,1-2H3. The van der Waals surface area contributed by atoms with E-state index in [4.69, 9.17) is 20.5 Å². The maximum atomic E-state index is 8.58. The Balaban J connectivity index is 3.18. The van der Waals surface area contributed by atoms with Gasteiger partial charge in [0.25, 0.3) is 0 Å². The van der Waals surface area contributed by atoms with Crippen molar-refractivity contribution >= 4 is 5.69 Å². The van der Waals surface area contributed by atoms with Crippen LogP contribution in [-0.2, 0) is 6.42 Å². The summed E-state index contributed by atoms with van der Waals surface area (Å²) in [5.41, 5.74) is 6.98. The van der Waals surface area contributed by atoms with Crippen molar-refractivity contribution in [2.24, 2.45) is 0 Å². The van der Waals surface area contributed by atoms with Gasteiger partial charge in [-0.2, -0.15) is 5.26 Å². The highest BCUT2D eigenvalue weighted by atomic mass is 16.5. The molecule has 1 aromatic rings. The molecule has 0 aliphatic rings. The van der Waals surface area contributed by atoms with Crippen molar-refractivity contribution in [2.75, 3.05) is 20.0 Å². The van der Waals surface area contributed by atoms with Gasteiger partial charge in [-0.15, -0.1) is 0 Å². The van der Waals surface area contributed by atoms with Crippen LogP contribution in [0.5, 0.6) is 11.5 Å². The summed E-state index contributed by atoms with van der Waals surface area (Å²) in [6.07, 6.45) is 0.275. The monoisotopic (exact) mass is 192 g/mol. The average Bonchev–Trinajstić information content (AvgIpc) is 2.19. The van der Waals surface area contributed by atoms with Gasteiger partial charge in [0.15, 0.2) is 0 Å². The van der Waals surface area contributed by atoms with Gasteiger partial charge in [-0.3, -0.25) is 0 Å². The van der Waals surface area contributed by atoms with Gasteiger partial charge in [0.05, 0.1) is 32.4 Å². The van der Waals surface area contributed by atoms with E-state index in [0.29, 0.717) is 17.2 Å². The second kappa shape index (κ2) is 4.38. The molecule has 14 heavy (non-hydrogen) atoms. The topological polar surface area (TPSA) is 68.3 Å². The molecule has 0 heterocycles. The zero-order chi connectivity index (χ0) is 10.6. The van der Waals surface area contributed by atoms with E-state index in [2.05, 4.69) is 0 Å². The molecule has 2 N–H and O–H groups in total. The number of anilines is 1. The molecule has 0 aliphatic heterocycles. The lowest BCUT2D eigenvalue weighted by molar-refractivity contribution is 0.393. The van der Waals surface area contributed by atoms with Crippen LogP contribution in [0.1, 0.15) is 5.56 Å². The smallest absolute Gasteiger partial charge is 0.145 e. The lowest BCUT2D eigenvalue weighted by Crippen LogP contribution is -1.97. The molecule has 0 radical (unpaired) electrons. The fourth-order valence-corrected chi connectivity index (χ4v) is 1.22. The van der Waals surface area contributed by atoms with E-state index in [1.165, 1.54) is 7.11 Å². The van der Waals surface area contributed by atoms with Gasteiger partial charge in [-0.1, -0.05) is 0 Å². The number of nitrogens with zero attached hydrogens (tertiary/aromatic N) is 1. The lowest BCUT2D eigenvalue weighted by atomic mass is 10.1. The minimum Gasteiger partial charge on any atom is -0.496 e. The summed E-state index contributed by atoms with van der Waals surface area (Å²) < 4.78 is 10.1. The van der Waals surface area contributed by atoms with Crippen LogP contribution < -0.4 is 15.2 Å². The summed E-state index contributed by atoms with van der Waals surface area (Å²) in [5, 5.41) is 8.58. The van der Waals surface area contributed by atoms with Crippen molar-refractivity contribution in [3.63, 3.8) is 0 Å². The van der Waals surface area contributed by atoms with Gasteiger partial charge in [-0.05, 0) is 6.07 Å². The van der Waals surface area contributed by atoms with Gasteiger partial charge < -0.3 is 15.2 Å². The molecule has 0 bridgehead atoms. The van der Waals surface area contributed by atoms with Gasteiger partial charge in [-0.25, -0.2) is 0 Å². The van der Waals surface area contributed by atoms with Crippen molar-refractivity contribution in [1.82, 2.24) is 0 Å². The quantitative estimate of drug-likeness (QED) is 0.734. The molecular weight excluding hydrogens is 180 g/mol. The number of nitrogen functional groups attached to an aromatic ring is 1. The van der Waals surface area contributed by atoms with Gasteiger partial charge in [0.1, 0.15) is 11.5 Å². The highest BCUT2D eigenvalue weighted by Crippen LogP contribution is 2.30. The number of rotatable bonds is 3. The summed E-state index contributed by atoms with van der Waals surface area (Å²) in [4.78, 5) is 0. The van der Waals surface area contributed by atoms with Crippen LogP contribution in [0.2, 0.25) is 0 Å². The maximum absolute atomic E-state index is 8.58. The molecule has 74 valence electrons. The number of nitriles is 1. The highest BCUT2D eigenvalue weighted by Gasteiger charge is 2.08. The molecule has 0 unspecified atom stereocenters. The summed E-state index contributed by atoms with van der Waals surface area (Å²) in [5.74, 6) is 1.18. The summed E-state index contributed by atoms with van der Waals surface area (Å²) in [6.45, 7) is 0. The predicted octanol–water partition coefficient (Wildman–Crippen LogP) is 1.35. The molecular formula is C10H12N2O2. The average molecular weight is 192 g/mol. The number of hydrogen-bond donors (Lipinski definition) is 1. The first-order chi connectivity index (χ1) is 6.72. The first kappa shape index (κ1) is 10.2. The van der Waals surface area contributed by atoms with Crippen LogP contribution >= 0.6 is 0 Å². The minimum absolute atomic E-state index is 0.275. The fourth-order valence-electron chi connectivity index (χ4n) is 1.22. The van der Waals surface area contributed by atoms with Crippen molar-refractivity contribution in [3.05, 3.63) is 17.7 Å². The summed E-state index contributed by atoms with van der Waals surface area (Å²) >= 11 is 0. The number of benzene rings is 1. The summed E-state index contributed by atoms with van der Waals surface area (Å²) in [7, 11) is 3.08. The van der Waals surface area contributed by atoms with Gasteiger partial charge in [0, 0.05) is 11.6 Å². The molecule has 0 spiro atoms. The van der Waals surface area contributed by atoms with Crippen LogP contribution in [0.15, 0.2) is 12.1 Å². The van der Waals surface area contributed by atoms with E-state index in [9.17, 15) is 0 Å². The fraction of sp³-hybridized carbons (Fsp3) is 0.300. The summed E-state index contributed by atoms with van der Waals surface area (Å²) in [6, 6.07) is 5.42. The van der Waals surface area contributed by atoms with E-state index >= 15 is 0 Å². The normalized spacial score (nSPS) is 9.21. The number of hydrogen-bond acceptors (Lipinski definition) is 4. The number of ether oxygens (including phenoxy) is 2. The molecule has 4 nitrogen and oxygen atoms in total. The largest absolute Gasteiger partial charge is 0.496 e. The van der Waals surface area contributed by atoms with E-state index in [0.717, 1.165) is 5.56 Å². The van der Waals surface area contributed by atoms with Crippen molar-refractivity contribution < 1.29 is 9.47 Å². The first-order valence-corrected chi connectivity index (χ1v) is 4.10. The third-order valence-corrected chi connectivity index (χ3v) is 1.90. The molecule has 0 fully saturated rings. The van der Waals surface area contributed by atoms with Gasteiger partial charge >= 0.3 is 0 Å². The van der Waals surface area contributed by atoms with E-state index < -0.39 is 0 Å². The Bertz CT molecular complexity index is 369. The van der Waals surface area contributed by atoms with Crippen LogP contribution in [0, 0.1) is 11.3 Å². The third kappa shape index (κ3) is 1.88. The van der Waals surface area contributed by atoms with E-state index in [-0.39, 0.29) is 6.42 Å². The van der Waals surface area contributed by atoms with Crippen LogP contribution in [0.25, 0.3) is 0 Å². The van der Waals surface area contributed by atoms with Crippen molar-refractivity contribution in [2.45, 2.75) is 6.42 Å². The first-order valence-electron chi connectivity index (χ1n) is 4.10. The zero-order valence-electron chi connectivity index (χ0n) is 8.20. The number of nitrogens with two attached hydrogens (primary N) is 1. The van der Waals surface area contributed by atoms with E-state index in [1.54, 1.807) is 19.2 Å². The molecule has 0 atom stereocenters. The molecule has 0 aliphatic carbocycles. The predicted molar refractivity (Wildman–Crippen MR) is 53.3 cm³/mol. The molecule has 0 saturated carbocycles. The Morgan fingerprint density at radius 2 is 1.93 bits per heavy atom. The van der Waals surface area contributed by atoms with Crippen molar-refractivity contribution in [1.29, 1.82) is 5.26 Å². The second-order valence-electron chi connectivity index (χ2n) is 2.74. The molecule has 0 saturated heterocycles. The van der Waals surface area contributed by atoms with E-state index in [1.807, 2.05) is 6.07 Å².